The van der Waals surface area contributed by atoms with Gasteiger partial charge in [0, 0.05) is 12.1 Å². The molecule has 1 aromatic heterocycles. The summed E-state index contributed by atoms with van der Waals surface area (Å²) in [6.07, 6.45) is 0. The van der Waals surface area contributed by atoms with Crippen molar-refractivity contribution in [3.63, 3.8) is 0 Å². The molecule has 0 unspecified atom stereocenters. The lowest BCUT2D eigenvalue weighted by atomic mass is 10.2. The number of ether oxygens (including phenoxy) is 1. The van der Waals surface area contributed by atoms with Gasteiger partial charge in [0.2, 0.25) is 5.91 Å². The zero-order valence-electron chi connectivity index (χ0n) is 15.9. The molecule has 29 heavy (non-hydrogen) atoms. The highest BCUT2D eigenvalue weighted by molar-refractivity contribution is 6.33. The van der Waals surface area contributed by atoms with Crippen LogP contribution in [-0.2, 0) is 17.9 Å². The Morgan fingerprint density at radius 3 is 2.52 bits per heavy atom. The minimum absolute atomic E-state index is 0.0997. The number of imidazole rings is 1. The van der Waals surface area contributed by atoms with Crippen molar-refractivity contribution >= 4 is 28.5 Å². The summed E-state index contributed by atoms with van der Waals surface area (Å²) in [4.78, 5) is 17.4. The third kappa shape index (κ3) is 4.10. The third-order valence-electron chi connectivity index (χ3n) is 4.72. The monoisotopic (exact) mass is 405 g/mol. The summed E-state index contributed by atoms with van der Waals surface area (Å²) in [6.45, 7) is 0.591. The molecule has 1 amide bonds. The first kappa shape index (κ1) is 19.0. The Kier molecular flexibility index (Phi) is 5.49. The van der Waals surface area contributed by atoms with Gasteiger partial charge in [0.05, 0.1) is 23.2 Å². The van der Waals surface area contributed by atoms with Gasteiger partial charge in [-0.1, -0.05) is 48.0 Å². The fourth-order valence-electron chi connectivity index (χ4n) is 3.23. The van der Waals surface area contributed by atoms with Gasteiger partial charge in [-0.05, 0) is 42.0 Å². The maximum absolute atomic E-state index is 12.7. The molecular formula is C23H20ClN3O2. The number of halogens is 1. The second-order valence-electron chi connectivity index (χ2n) is 6.61. The zero-order chi connectivity index (χ0) is 20.2. The summed E-state index contributed by atoms with van der Waals surface area (Å²) in [5, 5.41) is 3.57. The highest BCUT2D eigenvalue weighted by Gasteiger charge is 2.16. The van der Waals surface area contributed by atoms with Gasteiger partial charge in [-0.15, -0.1) is 0 Å². The van der Waals surface area contributed by atoms with E-state index in [0.29, 0.717) is 17.4 Å². The minimum atomic E-state index is -0.0997. The van der Waals surface area contributed by atoms with Crippen molar-refractivity contribution in [1.29, 1.82) is 0 Å². The summed E-state index contributed by atoms with van der Waals surface area (Å²) in [7, 11) is 1.63. The molecule has 0 aliphatic carbocycles. The number of rotatable bonds is 6. The molecule has 3 aromatic carbocycles. The molecule has 5 nitrogen and oxygen atoms in total. The molecule has 1 heterocycles. The van der Waals surface area contributed by atoms with Gasteiger partial charge in [-0.3, -0.25) is 4.79 Å². The molecule has 0 saturated heterocycles. The largest absolute Gasteiger partial charge is 0.497 e. The average molecular weight is 406 g/mol. The van der Waals surface area contributed by atoms with Crippen LogP contribution in [0, 0.1) is 0 Å². The van der Waals surface area contributed by atoms with Crippen LogP contribution in [0.15, 0.2) is 72.8 Å². The molecule has 0 saturated carbocycles. The smallest absolute Gasteiger partial charge is 0.240 e. The standard InChI is InChI=1S/C23H20ClN3O2/c1-29-17-12-10-16(11-13-17)14-25-22(28)15-27-21-9-5-4-8-20(21)26-23(27)18-6-2-3-7-19(18)24/h2-13H,14-15H2,1H3,(H,25,28). The molecule has 146 valence electrons. The van der Waals surface area contributed by atoms with E-state index in [1.54, 1.807) is 7.11 Å². The predicted octanol–water partition coefficient (Wildman–Crippen LogP) is 4.68. The number of nitrogens with zero attached hydrogens (tertiary/aromatic N) is 2. The first-order chi connectivity index (χ1) is 14.2. The van der Waals surface area contributed by atoms with Gasteiger partial charge in [0.25, 0.3) is 0 Å². The molecule has 0 spiro atoms. The van der Waals surface area contributed by atoms with Crippen LogP contribution in [0.3, 0.4) is 0 Å². The molecule has 0 fully saturated rings. The first-order valence-electron chi connectivity index (χ1n) is 9.25. The Hall–Kier alpha value is -3.31. The van der Waals surface area contributed by atoms with Crippen LogP contribution in [0.5, 0.6) is 5.75 Å². The predicted molar refractivity (Wildman–Crippen MR) is 115 cm³/mol. The van der Waals surface area contributed by atoms with Gasteiger partial charge in [-0.25, -0.2) is 4.98 Å². The van der Waals surface area contributed by atoms with Crippen molar-refractivity contribution in [3.05, 3.63) is 83.4 Å². The second kappa shape index (κ2) is 8.37. The first-order valence-corrected chi connectivity index (χ1v) is 9.63. The zero-order valence-corrected chi connectivity index (χ0v) is 16.7. The lowest BCUT2D eigenvalue weighted by molar-refractivity contribution is -0.121. The van der Waals surface area contributed by atoms with Crippen molar-refractivity contribution in [2.75, 3.05) is 7.11 Å². The third-order valence-corrected chi connectivity index (χ3v) is 5.05. The van der Waals surface area contributed by atoms with Gasteiger partial charge in [-0.2, -0.15) is 0 Å². The number of benzene rings is 3. The topological polar surface area (TPSA) is 56.1 Å². The fraction of sp³-hybridized carbons (Fsp3) is 0.130. The van der Waals surface area contributed by atoms with Gasteiger partial charge in [0.15, 0.2) is 0 Å². The average Bonchev–Trinajstić information content (AvgIpc) is 3.11. The summed E-state index contributed by atoms with van der Waals surface area (Å²) in [6, 6.07) is 22.9. The highest BCUT2D eigenvalue weighted by Crippen LogP contribution is 2.30. The number of carbonyl (C=O) groups excluding carboxylic acids is 1. The molecule has 0 aliphatic heterocycles. The van der Waals surface area contributed by atoms with Crippen molar-refractivity contribution in [2.45, 2.75) is 13.1 Å². The van der Waals surface area contributed by atoms with E-state index in [2.05, 4.69) is 5.32 Å². The molecular weight excluding hydrogens is 386 g/mol. The maximum atomic E-state index is 12.7. The highest BCUT2D eigenvalue weighted by atomic mass is 35.5. The summed E-state index contributed by atoms with van der Waals surface area (Å²) in [5.41, 5.74) is 3.52. The number of hydrogen-bond donors (Lipinski definition) is 1. The Morgan fingerprint density at radius 2 is 1.76 bits per heavy atom. The van der Waals surface area contributed by atoms with Crippen LogP contribution < -0.4 is 10.1 Å². The van der Waals surface area contributed by atoms with Crippen LogP contribution in [0.1, 0.15) is 5.56 Å². The summed E-state index contributed by atoms with van der Waals surface area (Å²) in [5.74, 6) is 1.36. The van der Waals surface area contributed by atoms with Crippen molar-refractivity contribution in [3.8, 4) is 17.1 Å². The van der Waals surface area contributed by atoms with Crippen LogP contribution in [0.4, 0.5) is 0 Å². The van der Waals surface area contributed by atoms with E-state index in [-0.39, 0.29) is 12.5 Å². The lowest BCUT2D eigenvalue weighted by Gasteiger charge is -2.11. The lowest BCUT2D eigenvalue weighted by Crippen LogP contribution is -2.27. The van der Waals surface area contributed by atoms with Gasteiger partial charge >= 0.3 is 0 Å². The Bertz CT molecular complexity index is 1150. The normalized spacial score (nSPS) is 10.8. The molecule has 4 aromatic rings. The molecule has 6 heteroatoms. The number of nitrogens with one attached hydrogen (secondary N) is 1. The molecule has 0 bridgehead atoms. The van der Waals surface area contributed by atoms with Gasteiger partial charge in [0.1, 0.15) is 18.1 Å². The van der Waals surface area contributed by atoms with Crippen LogP contribution >= 0.6 is 11.6 Å². The number of methoxy groups -OCH3 is 1. The van der Waals surface area contributed by atoms with E-state index in [1.807, 2.05) is 77.4 Å². The number of para-hydroxylation sites is 2. The summed E-state index contributed by atoms with van der Waals surface area (Å²) >= 11 is 6.40. The molecule has 0 aliphatic rings. The minimum Gasteiger partial charge on any atom is -0.497 e. The van der Waals surface area contributed by atoms with Crippen LogP contribution in [-0.4, -0.2) is 22.6 Å². The van der Waals surface area contributed by atoms with Gasteiger partial charge < -0.3 is 14.6 Å². The number of amides is 1. The number of carbonyl (C=O) groups is 1. The van der Waals surface area contributed by atoms with Crippen molar-refractivity contribution in [1.82, 2.24) is 14.9 Å². The molecule has 0 atom stereocenters. The van der Waals surface area contributed by atoms with E-state index in [0.717, 1.165) is 27.9 Å². The number of hydrogen-bond acceptors (Lipinski definition) is 3. The Morgan fingerprint density at radius 1 is 1.03 bits per heavy atom. The summed E-state index contributed by atoms with van der Waals surface area (Å²) < 4.78 is 7.06. The van der Waals surface area contributed by atoms with E-state index in [9.17, 15) is 4.79 Å². The van der Waals surface area contributed by atoms with Crippen LogP contribution in [0.2, 0.25) is 5.02 Å². The number of aromatic nitrogens is 2. The SMILES string of the molecule is COc1ccc(CNC(=O)Cn2c(-c3ccccc3Cl)nc3ccccc32)cc1. The van der Waals surface area contributed by atoms with Crippen molar-refractivity contribution in [2.24, 2.45) is 0 Å². The Balaban J connectivity index is 1.58. The van der Waals surface area contributed by atoms with Crippen molar-refractivity contribution < 1.29 is 9.53 Å². The van der Waals surface area contributed by atoms with E-state index < -0.39 is 0 Å². The maximum Gasteiger partial charge on any atom is 0.240 e. The molecule has 1 N–H and O–H groups in total. The number of fused-ring (bicyclic) bond motifs is 1. The fourth-order valence-corrected chi connectivity index (χ4v) is 3.45. The molecule has 4 rings (SSSR count). The van der Waals surface area contributed by atoms with E-state index in [4.69, 9.17) is 21.3 Å². The van der Waals surface area contributed by atoms with Crippen LogP contribution in [0.25, 0.3) is 22.4 Å². The van der Waals surface area contributed by atoms with E-state index >= 15 is 0 Å². The second-order valence-corrected chi connectivity index (χ2v) is 7.02. The Labute approximate surface area is 173 Å². The molecule has 0 radical (unpaired) electrons. The van der Waals surface area contributed by atoms with E-state index in [1.165, 1.54) is 0 Å². The quantitative estimate of drug-likeness (QED) is 0.506.